The van der Waals surface area contributed by atoms with Gasteiger partial charge in [0.05, 0.1) is 23.5 Å². The number of hydrogen-bond acceptors (Lipinski definition) is 7. The van der Waals surface area contributed by atoms with Gasteiger partial charge in [-0.25, -0.2) is 14.6 Å². The summed E-state index contributed by atoms with van der Waals surface area (Å²) in [5.74, 6) is 1.73. The molecule has 0 saturated carbocycles. The van der Waals surface area contributed by atoms with Crippen molar-refractivity contribution in [2.24, 2.45) is 5.73 Å². The fourth-order valence-corrected chi connectivity index (χ4v) is 4.64. The molecule has 0 radical (unpaired) electrons. The van der Waals surface area contributed by atoms with Crippen LogP contribution in [-0.2, 0) is 6.42 Å². The van der Waals surface area contributed by atoms with Crippen LogP contribution in [0.2, 0.25) is 0 Å². The Morgan fingerprint density at radius 3 is 2.77 bits per heavy atom. The summed E-state index contributed by atoms with van der Waals surface area (Å²) in [5, 5.41) is 14.8. The normalized spacial score (nSPS) is 14.0. The van der Waals surface area contributed by atoms with E-state index in [1.807, 2.05) is 42.2 Å². The van der Waals surface area contributed by atoms with Crippen LogP contribution in [0.5, 0.6) is 0 Å². The Labute approximate surface area is 180 Å². The summed E-state index contributed by atoms with van der Waals surface area (Å²) in [6.45, 7) is 4.58. The van der Waals surface area contributed by atoms with E-state index in [1.54, 1.807) is 0 Å². The van der Waals surface area contributed by atoms with Crippen molar-refractivity contribution in [3.05, 3.63) is 53.6 Å². The Bertz CT molecular complexity index is 1060. The number of aromatic nitrogens is 4. The number of hydrogen-bond donors (Lipinski definition) is 1. The smallest absolute Gasteiger partial charge is 0.133 e. The Balaban J connectivity index is 1.68. The van der Waals surface area contributed by atoms with Crippen molar-refractivity contribution in [1.29, 1.82) is 5.26 Å². The lowest BCUT2D eigenvalue weighted by Gasteiger charge is -2.28. The van der Waals surface area contributed by atoms with Crippen LogP contribution >= 0.6 is 11.8 Å². The van der Waals surface area contributed by atoms with Crippen LogP contribution < -0.4 is 10.6 Å². The molecule has 0 spiro atoms. The monoisotopic (exact) mass is 419 g/mol. The molecule has 2 N–H and O–H groups in total. The number of aryl methyl sites for hydroxylation is 1. The van der Waals surface area contributed by atoms with Crippen molar-refractivity contribution < 1.29 is 0 Å². The van der Waals surface area contributed by atoms with Crippen molar-refractivity contribution in [2.75, 3.05) is 24.5 Å². The molecule has 0 aliphatic carbocycles. The molecular formula is C22H25N7S. The van der Waals surface area contributed by atoms with Crippen LogP contribution in [0, 0.1) is 18.3 Å². The van der Waals surface area contributed by atoms with Crippen LogP contribution in [0.4, 0.5) is 5.82 Å². The second kappa shape index (κ2) is 9.28. The Morgan fingerprint density at radius 1 is 1.17 bits per heavy atom. The maximum atomic E-state index is 9.39. The molecule has 2 aromatic heterocycles. The van der Waals surface area contributed by atoms with Gasteiger partial charge in [0.2, 0.25) is 0 Å². The van der Waals surface area contributed by atoms with Crippen LogP contribution in [0.15, 0.2) is 46.6 Å². The molecule has 3 heterocycles. The van der Waals surface area contributed by atoms with Gasteiger partial charge in [-0.3, -0.25) is 0 Å². The maximum absolute atomic E-state index is 9.39. The van der Waals surface area contributed by atoms with Gasteiger partial charge in [-0.1, -0.05) is 11.8 Å². The van der Waals surface area contributed by atoms with Gasteiger partial charge in [-0.2, -0.15) is 10.4 Å². The van der Waals surface area contributed by atoms with E-state index >= 15 is 0 Å². The first kappa shape index (κ1) is 20.4. The standard InChI is InChI=1S/C22H25N7S/c1-16-26-21(28-9-3-2-4-10-28)12-22(27-16)30-20-11-17(13-24)5-6-19(20)29-15-18(7-8-23)14-25-29/h5-6,11-12,14-15H,2-4,7-10,23H2,1H3. The van der Waals surface area contributed by atoms with Gasteiger partial charge >= 0.3 is 0 Å². The highest BCUT2D eigenvalue weighted by atomic mass is 32.2. The number of nitrogens with zero attached hydrogens (tertiary/aromatic N) is 6. The van der Waals surface area contributed by atoms with Crippen molar-refractivity contribution in [3.63, 3.8) is 0 Å². The first-order chi connectivity index (χ1) is 14.7. The Kier molecular flexibility index (Phi) is 6.31. The van der Waals surface area contributed by atoms with Crippen molar-refractivity contribution >= 4 is 17.6 Å². The number of nitriles is 1. The predicted molar refractivity (Wildman–Crippen MR) is 118 cm³/mol. The zero-order chi connectivity index (χ0) is 20.9. The minimum atomic E-state index is 0.583. The summed E-state index contributed by atoms with van der Waals surface area (Å²) in [6, 6.07) is 9.92. The third-order valence-corrected chi connectivity index (χ3v) is 6.07. The molecule has 4 rings (SSSR count). The average molecular weight is 420 g/mol. The van der Waals surface area contributed by atoms with Gasteiger partial charge in [0.25, 0.3) is 0 Å². The average Bonchev–Trinajstić information content (AvgIpc) is 3.22. The van der Waals surface area contributed by atoms with E-state index < -0.39 is 0 Å². The number of rotatable bonds is 6. The summed E-state index contributed by atoms with van der Waals surface area (Å²) in [4.78, 5) is 12.6. The van der Waals surface area contributed by atoms with Crippen molar-refractivity contribution in [1.82, 2.24) is 19.7 Å². The summed E-state index contributed by atoms with van der Waals surface area (Å²) in [5.41, 5.74) is 8.28. The molecule has 0 atom stereocenters. The van der Waals surface area contributed by atoms with Crippen LogP contribution in [0.1, 0.15) is 36.2 Å². The number of piperidine rings is 1. The fourth-order valence-electron chi connectivity index (χ4n) is 3.62. The lowest BCUT2D eigenvalue weighted by Crippen LogP contribution is -2.30. The molecule has 0 bridgehead atoms. The lowest BCUT2D eigenvalue weighted by atomic mass is 10.1. The van der Waals surface area contributed by atoms with Gasteiger partial charge < -0.3 is 10.6 Å². The topological polar surface area (TPSA) is 96.6 Å². The summed E-state index contributed by atoms with van der Waals surface area (Å²) in [6.07, 6.45) is 8.28. The highest BCUT2D eigenvalue weighted by Crippen LogP contribution is 2.34. The minimum absolute atomic E-state index is 0.583. The van der Waals surface area contributed by atoms with E-state index in [2.05, 4.69) is 32.1 Å². The SMILES string of the molecule is Cc1nc(Sc2cc(C#N)ccc2-n2cc(CCN)cn2)cc(N2CCCCC2)n1. The molecule has 1 aliphatic rings. The van der Waals surface area contributed by atoms with Gasteiger partial charge in [-0.15, -0.1) is 0 Å². The van der Waals surface area contributed by atoms with E-state index in [0.29, 0.717) is 12.1 Å². The first-order valence-corrected chi connectivity index (χ1v) is 11.0. The molecule has 154 valence electrons. The zero-order valence-electron chi connectivity index (χ0n) is 17.1. The molecule has 1 fully saturated rings. The van der Waals surface area contributed by atoms with E-state index in [9.17, 15) is 5.26 Å². The molecule has 1 aromatic carbocycles. The molecule has 7 nitrogen and oxygen atoms in total. The van der Waals surface area contributed by atoms with E-state index in [-0.39, 0.29) is 0 Å². The maximum Gasteiger partial charge on any atom is 0.133 e. The predicted octanol–water partition coefficient (Wildman–Crippen LogP) is 3.49. The van der Waals surface area contributed by atoms with Gasteiger partial charge in [0.15, 0.2) is 0 Å². The second-order valence-corrected chi connectivity index (χ2v) is 8.45. The highest BCUT2D eigenvalue weighted by molar-refractivity contribution is 7.99. The van der Waals surface area contributed by atoms with Gasteiger partial charge in [-0.05, 0) is 62.9 Å². The van der Waals surface area contributed by atoms with Gasteiger partial charge in [0, 0.05) is 30.2 Å². The Morgan fingerprint density at radius 2 is 2.00 bits per heavy atom. The number of nitrogens with two attached hydrogens (primary N) is 1. The van der Waals surface area contributed by atoms with Crippen LogP contribution in [0.3, 0.4) is 0 Å². The molecule has 1 saturated heterocycles. The quantitative estimate of drug-likeness (QED) is 0.611. The molecular weight excluding hydrogens is 394 g/mol. The largest absolute Gasteiger partial charge is 0.356 e. The minimum Gasteiger partial charge on any atom is -0.356 e. The fraction of sp³-hybridized carbons (Fsp3) is 0.364. The van der Waals surface area contributed by atoms with Gasteiger partial charge in [0.1, 0.15) is 16.7 Å². The van der Waals surface area contributed by atoms with Crippen molar-refractivity contribution in [2.45, 2.75) is 42.5 Å². The Hall–Kier alpha value is -2.89. The van der Waals surface area contributed by atoms with E-state index in [4.69, 9.17) is 5.73 Å². The molecule has 8 heteroatoms. The number of anilines is 1. The van der Waals surface area contributed by atoms with E-state index in [0.717, 1.165) is 52.3 Å². The molecule has 0 unspecified atom stereocenters. The van der Waals surface area contributed by atoms with E-state index in [1.165, 1.54) is 31.0 Å². The third kappa shape index (κ3) is 4.64. The first-order valence-electron chi connectivity index (χ1n) is 10.2. The van der Waals surface area contributed by atoms with Crippen LogP contribution in [0.25, 0.3) is 5.69 Å². The van der Waals surface area contributed by atoms with Crippen LogP contribution in [-0.4, -0.2) is 39.4 Å². The van der Waals surface area contributed by atoms with Crippen molar-refractivity contribution in [3.8, 4) is 11.8 Å². The molecule has 3 aromatic rings. The lowest BCUT2D eigenvalue weighted by molar-refractivity contribution is 0.571. The molecule has 0 amide bonds. The molecule has 1 aliphatic heterocycles. The zero-order valence-corrected chi connectivity index (χ0v) is 17.9. The molecule has 30 heavy (non-hydrogen) atoms. The highest BCUT2D eigenvalue weighted by Gasteiger charge is 2.16. The number of benzene rings is 1. The summed E-state index contributed by atoms with van der Waals surface area (Å²) in [7, 11) is 0. The second-order valence-electron chi connectivity index (χ2n) is 7.39. The summed E-state index contributed by atoms with van der Waals surface area (Å²) >= 11 is 1.54. The third-order valence-electron chi connectivity index (χ3n) is 5.10. The summed E-state index contributed by atoms with van der Waals surface area (Å²) < 4.78 is 1.84.